The molecule has 116 valence electrons. The molecular weight excluding hydrogens is 282 g/mol. The lowest BCUT2D eigenvalue weighted by molar-refractivity contribution is 0.137. The van der Waals surface area contributed by atoms with E-state index in [0.29, 0.717) is 18.4 Å². The molecule has 0 N–H and O–H groups in total. The molecule has 6 heteroatoms. The van der Waals surface area contributed by atoms with Crippen molar-refractivity contribution < 1.29 is 13.6 Å². The summed E-state index contributed by atoms with van der Waals surface area (Å²) >= 11 is 0. The first-order chi connectivity index (χ1) is 10.8. The fourth-order valence-electron chi connectivity index (χ4n) is 3.82. The minimum Gasteiger partial charge on any atom is -0.468 e. The van der Waals surface area contributed by atoms with Crippen molar-refractivity contribution in [1.29, 1.82) is 0 Å². The van der Waals surface area contributed by atoms with E-state index in [4.69, 9.17) is 13.6 Å². The summed E-state index contributed by atoms with van der Waals surface area (Å²) in [6, 6.07) is 3.96. The highest BCUT2D eigenvalue weighted by Gasteiger charge is 2.55. The second-order valence-corrected chi connectivity index (χ2v) is 6.84. The number of ether oxygens (including phenoxy) is 1. The van der Waals surface area contributed by atoms with E-state index in [9.17, 15) is 0 Å². The summed E-state index contributed by atoms with van der Waals surface area (Å²) < 4.78 is 17.3. The molecule has 2 aromatic heterocycles. The summed E-state index contributed by atoms with van der Waals surface area (Å²) in [7, 11) is 0. The fourth-order valence-corrected chi connectivity index (χ4v) is 3.82. The van der Waals surface area contributed by atoms with Crippen molar-refractivity contribution in [3.8, 4) is 0 Å². The minimum absolute atomic E-state index is 0.132. The lowest BCUT2D eigenvalue weighted by Gasteiger charge is -2.22. The van der Waals surface area contributed by atoms with Gasteiger partial charge in [0.1, 0.15) is 5.76 Å². The van der Waals surface area contributed by atoms with Crippen molar-refractivity contribution in [2.24, 2.45) is 5.92 Å². The van der Waals surface area contributed by atoms with Gasteiger partial charge in [-0.05, 0) is 25.0 Å². The zero-order valence-electron chi connectivity index (χ0n) is 12.4. The molecule has 2 atom stereocenters. The summed E-state index contributed by atoms with van der Waals surface area (Å²) in [4.78, 5) is 2.41. The zero-order valence-corrected chi connectivity index (χ0v) is 12.4. The van der Waals surface area contributed by atoms with Gasteiger partial charge >= 0.3 is 0 Å². The maximum Gasteiger partial charge on any atom is 0.226 e. The van der Waals surface area contributed by atoms with Crippen LogP contribution in [0.2, 0.25) is 0 Å². The molecule has 0 aromatic carbocycles. The van der Waals surface area contributed by atoms with E-state index in [-0.39, 0.29) is 5.41 Å². The van der Waals surface area contributed by atoms with E-state index >= 15 is 0 Å². The lowest BCUT2D eigenvalue weighted by atomic mass is 9.81. The number of furan rings is 1. The number of nitrogens with zero attached hydrogens (tertiary/aromatic N) is 3. The van der Waals surface area contributed by atoms with Gasteiger partial charge in [0.2, 0.25) is 11.8 Å². The molecule has 0 radical (unpaired) electrons. The van der Waals surface area contributed by atoms with E-state index in [1.807, 2.05) is 12.1 Å². The lowest BCUT2D eigenvalue weighted by Crippen LogP contribution is -2.35. The van der Waals surface area contributed by atoms with Gasteiger partial charge in [-0.3, -0.25) is 4.90 Å². The van der Waals surface area contributed by atoms with Crippen LogP contribution in [-0.4, -0.2) is 41.4 Å². The summed E-state index contributed by atoms with van der Waals surface area (Å²) in [5.41, 5.74) is -0.132. The van der Waals surface area contributed by atoms with Crippen LogP contribution >= 0.6 is 0 Å². The highest BCUT2D eigenvalue weighted by Crippen LogP contribution is 2.46. The molecule has 4 heterocycles. The van der Waals surface area contributed by atoms with Gasteiger partial charge in [0.25, 0.3) is 0 Å². The largest absolute Gasteiger partial charge is 0.468 e. The molecule has 5 rings (SSSR count). The van der Waals surface area contributed by atoms with E-state index < -0.39 is 0 Å². The van der Waals surface area contributed by atoms with Crippen molar-refractivity contribution in [1.82, 2.24) is 15.1 Å². The molecule has 22 heavy (non-hydrogen) atoms. The summed E-state index contributed by atoms with van der Waals surface area (Å²) in [6.45, 7) is 4.16. The Kier molecular flexibility index (Phi) is 2.72. The van der Waals surface area contributed by atoms with Gasteiger partial charge < -0.3 is 13.6 Å². The maximum atomic E-state index is 6.03. The van der Waals surface area contributed by atoms with Gasteiger partial charge in [0.15, 0.2) is 0 Å². The van der Waals surface area contributed by atoms with Gasteiger partial charge in [-0.25, -0.2) is 0 Å². The second-order valence-electron chi connectivity index (χ2n) is 6.84. The number of hydrogen-bond acceptors (Lipinski definition) is 6. The monoisotopic (exact) mass is 301 g/mol. The van der Waals surface area contributed by atoms with E-state index in [1.54, 1.807) is 6.26 Å². The third-order valence-electron chi connectivity index (χ3n) is 5.20. The van der Waals surface area contributed by atoms with Gasteiger partial charge in [0, 0.05) is 24.9 Å². The highest BCUT2D eigenvalue weighted by molar-refractivity contribution is 5.18. The molecule has 1 aliphatic carbocycles. The molecule has 0 amide bonds. The van der Waals surface area contributed by atoms with Gasteiger partial charge in [-0.1, -0.05) is 0 Å². The molecule has 0 bridgehead atoms. The third kappa shape index (κ3) is 1.94. The highest BCUT2D eigenvalue weighted by atomic mass is 16.5. The number of rotatable bonds is 4. The van der Waals surface area contributed by atoms with Crippen LogP contribution in [0.25, 0.3) is 0 Å². The van der Waals surface area contributed by atoms with Crippen LogP contribution in [-0.2, 0) is 16.7 Å². The van der Waals surface area contributed by atoms with Crippen LogP contribution in [0.4, 0.5) is 0 Å². The van der Waals surface area contributed by atoms with Gasteiger partial charge in [0.05, 0.1) is 31.4 Å². The number of fused-ring (bicyclic) bond motifs is 1. The fraction of sp³-hybridized carbons (Fsp3) is 0.625. The first-order valence-electron chi connectivity index (χ1n) is 8.00. The van der Waals surface area contributed by atoms with Crippen molar-refractivity contribution in [3.05, 3.63) is 35.9 Å². The Balaban J connectivity index is 1.41. The second kappa shape index (κ2) is 4.67. The van der Waals surface area contributed by atoms with Crippen molar-refractivity contribution >= 4 is 0 Å². The Morgan fingerprint density at radius 2 is 2.27 bits per heavy atom. The van der Waals surface area contributed by atoms with Crippen LogP contribution in [0.3, 0.4) is 0 Å². The normalized spacial score (nSPS) is 31.7. The van der Waals surface area contributed by atoms with Crippen molar-refractivity contribution in [3.63, 3.8) is 0 Å². The molecule has 2 saturated heterocycles. The quantitative estimate of drug-likeness (QED) is 0.860. The Morgan fingerprint density at radius 3 is 3.09 bits per heavy atom. The number of aromatic nitrogens is 2. The molecule has 1 saturated carbocycles. The molecule has 3 fully saturated rings. The standard InChI is InChI=1S/C16H19N3O3/c1-2-13(21-5-1)7-19-6-12-8-20-10-16(12,9-19)15-18-17-14(22-15)11-3-4-11/h1-2,5,11-12H,3-4,6-10H2/t12-,16-/m1/s1. The van der Waals surface area contributed by atoms with E-state index in [2.05, 4.69) is 15.1 Å². The van der Waals surface area contributed by atoms with Gasteiger partial charge in [-0.15, -0.1) is 10.2 Å². The summed E-state index contributed by atoms with van der Waals surface area (Å²) in [5, 5.41) is 8.65. The molecule has 2 aliphatic heterocycles. The predicted octanol–water partition coefficient (Wildman–Crippen LogP) is 1.94. The molecule has 0 spiro atoms. The summed E-state index contributed by atoms with van der Waals surface area (Å²) in [6.07, 6.45) is 4.09. The SMILES string of the molecule is c1coc(CN2C[C@@H]3COC[C@]3(c3nnc(C4CC4)o3)C2)c1. The van der Waals surface area contributed by atoms with Crippen LogP contribution < -0.4 is 0 Å². The Hall–Kier alpha value is -1.66. The number of hydrogen-bond donors (Lipinski definition) is 0. The molecular formula is C16H19N3O3. The average molecular weight is 301 g/mol. The Bertz CT molecular complexity index is 664. The van der Waals surface area contributed by atoms with Gasteiger partial charge in [-0.2, -0.15) is 0 Å². The van der Waals surface area contributed by atoms with Crippen LogP contribution in [0.1, 0.15) is 36.3 Å². The maximum absolute atomic E-state index is 6.03. The van der Waals surface area contributed by atoms with Crippen LogP contribution in [0.5, 0.6) is 0 Å². The minimum atomic E-state index is -0.132. The first-order valence-corrected chi connectivity index (χ1v) is 8.00. The smallest absolute Gasteiger partial charge is 0.226 e. The van der Waals surface area contributed by atoms with E-state index in [0.717, 1.165) is 43.8 Å². The number of likely N-dealkylation sites (tertiary alicyclic amines) is 1. The Morgan fingerprint density at radius 1 is 1.32 bits per heavy atom. The molecule has 3 aliphatic rings. The Labute approximate surface area is 128 Å². The zero-order chi connectivity index (χ0) is 14.6. The average Bonchev–Trinajstić information content (AvgIpc) is 2.93. The van der Waals surface area contributed by atoms with E-state index in [1.165, 1.54) is 12.8 Å². The third-order valence-corrected chi connectivity index (χ3v) is 5.20. The molecule has 2 aromatic rings. The molecule has 0 unspecified atom stereocenters. The summed E-state index contributed by atoms with van der Waals surface area (Å²) in [5.74, 6) is 3.52. The van der Waals surface area contributed by atoms with Crippen molar-refractivity contribution in [2.45, 2.75) is 30.7 Å². The van der Waals surface area contributed by atoms with Crippen LogP contribution in [0.15, 0.2) is 27.2 Å². The predicted molar refractivity (Wildman–Crippen MR) is 76.2 cm³/mol. The topological polar surface area (TPSA) is 64.5 Å². The van der Waals surface area contributed by atoms with Crippen LogP contribution in [0, 0.1) is 5.92 Å². The van der Waals surface area contributed by atoms with Crippen molar-refractivity contribution in [2.75, 3.05) is 26.3 Å². The first kappa shape index (κ1) is 12.8. The molecule has 6 nitrogen and oxygen atoms in total.